The molecule has 3 aromatic carbocycles. The van der Waals surface area contributed by atoms with Crippen LogP contribution in [0.25, 0.3) is 22.0 Å². The summed E-state index contributed by atoms with van der Waals surface area (Å²) in [5.74, 6) is 1.71. The van der Waals surface area contributed by atoms with E-state index in [0.29, 0.717) is 51.6 Å². The van der Waals surface area contributed by atoms with Gasteiger partial charge in [-0.05, 0) is 55.8 Å². The van der Waals surface area contributed by atoms with Crippen LogP contribution in [-0.4, -0.2) is 37.7 Å². The lowest BCUT2D eigenvalue weighted by Gasteiger charge is -2.19. The summed E-state index contributed by atoms with van der Waals surface area (Å²) in [5, 5.41) is 0.669. The van der Waals surface area contributed by atoms with Crippen LogP contribution in [0.4, 0.5) is 0 Å². The van der Waals surface area contributed by atoms with E-state index in [-0.39, 0.29) is 25.5 Å². The summed E-state index contributed by atoms with van der Waals surface area (Å²) in [5.41, 5.74) is 2.00. The largest absolute Gasteiger partial charge is 0.496 e. The highest BCUT2D eigenvalue weighted by molar-refractivity contribution is 6.07. The van der Waals surface area contributed by atoms with Gasteiger partial charge in [-0.3, -0.25) is 4.79 Å². The Kier molecular flexibility index (Phi) is 6.72. The van der Waals surface area contributed by atoms with Crippen LogP contribution in [0.2, 0.25) is 0 Å². The fraction of sp³-hybridized carbons (Fsp3) is 0.241. The zero-order valence-electron chi connectivity index (χ0n) is 20.9. The predicted molar refractivity (Wildman–Crippen MR) is 139 cm³/mol. The second-order valence-corrected chi connectivity index (χ2v) is 8.35. The molecule has 1 aliphatic rings. The Morgan fingerprint density at radius 2 is 1.78 bits per heavy atom. The highest BCUT2D eigenvalue weighted by Crippen LogP contribution is 2.40. The van der Waals surface area contributed by atoms with Gasteiger partial charge in [-0.15, -0.1) is 0 Å². The summed E-state index contributed by atoms with van der Waals surface area (Å²) < 4.78 is 29.3. The number of rotatable bonds is 8. The summed E-state index contributed by atoms with van der Waals surface area (Å²) in [7, 11) is 1.58. The maximum absolute atomic E-state index is 14.1. The molecule has 0 atom stereocenters. The number of benzene rings is 3. The quantitative estimate of drug-likeness (QED) is 0.313. The molecule has 4 aromatic rings. The summed E-state index contributed by atoms with van der Waals surface area (Å²) in [6, 6.07) is 18.3. The van der Waals surface area contributed by atoms with Crippen LogP contribution in [0.3, 0.4) is 0 Å². The van der Waals surface area contributed by atoms with Gasteiger partial charge in [0, 0.05) is 16.5 Å². The Labute approximate surface area is 213 Å². The Morgan fingerprint density at radius 3 is 2.57 bits per heavy atom. The first-order valence-corrected chi connectivity index (χ1v) is 12.1. The van der Waals surface area contributed by atoms with E-state index < -0.39 is 11.5 Å². The molecule has 190 valence electrons. The molecule has 0 aliphatic carbocycles. The van der Waals surface area contributed by atoms with Gasteiger partial charge in [-0.2, -0.15) is 0 Å². The highest BCUT2D eigenvalue weighted by atomic mass is 16.7. The number of hydrogen-bond donors (Lipinski definition) is 0. The topological polar surface area (TPSA) is 85.2 Å². The van der Waals surface area contributed by atoms with E-state index in [1.807, 2.05) is 55.5 Å². The van der Waals surface area contributed by atoms with Crippen LogP contribution < -0.4 is 24.5 Å². The fourth-order valence-corrected chi connectivity index (χ4v) is 4.60. The van der Waals surface area contributed by atoms with Gasteiger partial charge in [0.05, 0.1) is 32.4 Å². The van der Waals surface area contributed by atoms with E-state index in [9.17, 15) is 9.59 Å². The van der Waals surface area contributed by atoms with E-state index in [4.69, 9.17) is 23.7 Å². The van der Waals surface area contributed by atoms with Gasteiger partial charge in [0.2, 0.25) is 6.79 Å². The van der Waals surface area contributed by atoms with Crippen molar-refractivity contribution in [2.24, 2.45) is 0 Å². The number of hydrogen-bond acceptors (Lipinski definition) is 7. The van der Waals surface area contributed by atoms with Crippen LogP contribution in [0.15, 0.2) is 65.5 Å². The minimum Gasteiger partial charge on any atom is -0.496 e. The second-order valence-electron chi connectivity index (χ2n) is 8.35. The molecule has 0 N–H and O–H groups in total. The molecule has 0 radical (unpaired) electrons. The third-order valence-corrected chi connectivity index (χ3v) is 6.21. The van der Waals surface area contributed by atoms with E-state index in [1.54, 1.807) is 30.7 Å². The molecule has 0 spiro atoms. The molecule has 0 saturated heterocycles. The molecular weight excluding hydrogens is 474 g/mol. The van der Waals surface area contributed by atoms with Crippen LogP contribution in [0.1, 0.15) is 29.8 Å². The zero-order valence-corrected chi connectivity index (χ0v) is 20.9. The Bertz CT molecular complexity index is 1540. The number of para-hydroxylation sites is 1. The first kappa shape index (κ1) is 24.2. The van der Waals surface area contributed by atoms with Gasteiger partial charge in [0.25, 0.3) is 5.56 Å². The lowest BCUT2D eigenvalue weighted by Crippen LogP contribution is -2.29. The van der Waals surface area contributed by atoms with Crippen molar-refractivity contribution in [3.63, 3.8) is 0 Å². The van der Waals surface area contributed by atoms with Crippen molar-refractivity contribution in [1.29, 1.82) is 0 Å². The van der Waals surface area contributed by atoms with E-state index in [0.717, 1.165) is 5.56 Å². The fourth-order valence-electron chi connectivity index (χ4n) is 4.60. The summed E-state index contributed by atoms with van der Waals surface area (Å²) >= 11 is 0. The average Bonchev–Trinajstić information content (AvgIpc) is 3.38. The van der Waals surface area contributed by atoms with Gasteiger partial charge in [-0.25, -0.2) is 4.79 Å². The Hall–Kier alpha value is -4.46. The molecule has 8 nitrogen and oxygen atoms in total. The van der Waals surface area contributed by atoms with Crippen LogP contribution in [0, 0.1) is 0 Å². The first-order valence-electron chi connectivity index (χ1n) is 12.1. The molecule has 37 heavy (non-hydrogen) atoms. The second kappa shape index (κ2) is 10.3. The van der Waals surface area contributed by atoms with Gasteiger partial charge in [0.15, 0.2) is 11.5 Å². The van der Waals surface area contributed by atoms with Crippen molar-refractivity contribution in [3.8, 4) is 34.1 Å². The van der Waals surface area contributed by atoms with Crippen LogP contribution >= 0.6 is 0 Å². The summed E-state index contributed by atoms with van der Waals surface area (Å²) in [6.07, 6.45) is 0. The summed E-state index contributed by atoms with van der Waals surface area (Å²) in [6.45, 7) is 4.51. The number of nitrogens with zero attached hydrogens (tertiary/aromatic N) is 1. The third-order valence-electron chi connectivity index (χ3n) is 6.21. The standard InChI is InChI=1S/C29H27NO7/c1-4-34-20-11-12-22-21(15-20)26(18-10-13-24-25(14-18)37-17-36-24)27(29(32)35-5-2)28(31)30(22)16-19-8-6-7-9-23(19)33-3/h6-15H,4-5,16-17H2,1-3H3. The number of ether oxygens (including phenoxy) is 5. The van der Waals surface area contributed by atoms with Crippen molar-refractivity contribution in [1.82, 2.24) is 4.57 Å². The highest BCUT2D eigenvalue weighted by Gasteiger charge is 2.27. The van der Waals surface area contributed by atoms with E-state index in [1.165, 1.54) is 0 Å². The lowest BCUT2D eigenvalue weighted by atomic mass is 9.95. The maximum atomic E-state index is 14.1. The number of aromatic nitrogens is 1. The van der Waals surface area contributed by atoms with E-state index in [2.05, 4.69) is 0 Å². The molecule has 1 aromatic heterocycles. The Morgan fingerprint density at radius 1 is 0.973 bits per heavy atom. The van der Waals surface area contributed by atoms with Crippen molar-refractivity contribution in [3.05, 3.63) is 82.1 Å². The van der Waals surface area contributed by atoms with Gasteiger partial charge in [-0.1, -0.05) is 24.3 Å². The molecule has 5 rings (SSSR count). The number of esters is 1. The number of methoxy groups -OCH3 is 1. The molecule has 1 aliphatic heterocycles. The molecule has 0 unspecified atom stereocenters. The maximum Gasteiger partial charge on any atom is 0.344 e. The van der Waals surface area contributed by atoms with Crippen LogP contribution in [-0.2, 0) is 11.3 Å². The molecule has 0 amide bonds. The zero-order chi connectivity index (χ0) is 25.9. The molecule has 0 fully saturated rings. The lowest BCUT2D eigenvalue weighted by molar-refractivity contribution is 0.0524. The predicted octanol–water partition coefficient (Wildman–Crippen LogP) is 5.03. The number of carbonyl (C=O) groups is 1. The van der Waals surface area contributed by atoms with E-state index >= 15 is 0 Å². The monoisotopic (exact) mass is 501 g/mol. The van der Waals surface area contributed by atoms with Crippen LogP contribution in [0.5, 0.6) is 23.0 Å². The summed E-state index contributed by atoms with van der Waals surface area (Å²) in [4.78, 5) is 27.4. The van der Waals surface area contributed by atoms with Gasteiger partial charge < -0.3 is 28.3 Å². The minimum absolute atomic E-state index is 0.0586. The minimum atomic E-state index is -0.697. The smallest absolute Gasteiger partial charge is 0.344 e. The number of carbonyl (C=O) groups excluding carboxylic acids is 1. The van der Waals surface area contributed by atoms with Crippen molar-refractivity contribution < 1.29 is 28.5 Å². The SMILES string of the molecule is CCOC(=O)c1c(-c2ccc3c(c2)OCO3)c2cc(OCC)ccc2n(Cc2ccccc2OC)c1=O. The molecule has 0 bridgehead atoms. The van der Waals surface area contributed by atoms with Crippen molar-refractivity contribution in [2.45, 2.75) is 20.4 Å². The van der Waals surface area contributed by atoms with Crippen molar-refractivity contribution in [2.75, 3.05) is 27.1 Å². The molecular formula is C29H27NO7. The van der Waals surface area contributed by atoms with Gasteiger partial charge >= 0.3 is 5.97 Å². The van der Waals surface area contributed by atoms with Gasteiger partial charge in [0.1, 0.15) is 17.1 Å². The first-order chi connectivity index (χ1) is 18.0. The molecule has 0 saturated carbocycles. The number of fused-ring (bicyclic) bond motifs is 2. The normalized spacial score (nSPS) is 12.0. The number of pyridine rings is 1. The van der Waals surface area contributed by atoms with Crippen molar-refractivity contribution >= 4 is 16.9 Å². The Balaban J connectivity index is 1.84. The third kappa shape index (κ3) is 4.46. The molecule has 8 heteroatoms. The average molecular weight is 502 g/mol. The molecule has 2 heterocycles.